The van der Waals surface area contributed by atoms with Crippen LogP contribution in [-0.4, -0.2) is 54.5 Å². The largest absolute Gasteiger partial charge is 0.464 e. The summed E-state index contributed by atoms with van der Waals surface area (Å²) in [5.74, 6) is -0.0572. The second kappa shape index (κ2) is 7.53. The van der Waals surface area contributed by atoms with Gasteiger partial charge in [0.2, 0.25) is 0 Å². The average Bonchev–Trinajstić information content (AvgIpc) is 2.38. The second-order valence-corrected chi connectivity index (χ2v) is 3.04. The smallest absolute Gasteiger partial charge is 0.358 e. The number of hydrogen-bond donors (Lipinski definition) is 2. The highest BCUT2D eigenvalue weighted by Gasteiger charge is 2.07. The van der Waals surface area contributed by atoms with Gasteiger partial charge in [0, 0.05) is 6.54 Å². The molecule has 0 aliphatic carbocycles. The summed E-state index contributed by atoms with van der Waals surface area (Å²) in [4.78, 5) is 19.0. The SMILES string of the molecule is COC(=O)c1cncc(NCCOCCO)n1. The van der Waals surface area contributed by atoms with E-state index in [1.165, 1.54) is 19.5 Å². The minimum absolute atomic E-state index is 0.00235. The third-order valence-corrected chi connectivity index (χ3v) is 1.82. The molecule has 1 aromatic rings. The number of aliphatic hydroxyl groups excluding tert-OH is 1. The van der Waals surface area contributed by atoms with Crippen LogP contribution >= 0.6 is 0 Å². The van der Waals surface area contributed by atoms with Crippen LogP contribution < -0.4 is 5.32 Å². The topological polar surface area (TPSA) is 93.6 Å². The minimum Gasteiger partial charge on any atom is -0.464 e. The number of methoxy groups -OCH3 is 1. The Kier molecular flexibility index (Phi) is 5.91. The lowest BCUT2D eigenvalue weighted by atomic mass is 10.4. The van der Waals surface area contributed by atoms with Crippen LogP contribution in [0.15, 0.2) is 12.4 Å². The van der Waals surface area contributed by atoms with Gasteiger partial charge in [0.1, 0.15) is 5.82 Å². The fourth-order valence-corrected chi connectivity index (χ4v) is 1.07. The molecule has 94 valence electrons. The number of aromatic nitrogens is 2. The number of nitrogens with zero attached hydrogens (tertiary/aromatic N) is 2. The van der Waals surface area contributed by atoms with Crippen molar-refractivity contribution in [2.45, 2.75) is 0 Å². The maximum absolute atomic E-state index is 11.2. The Morgan fingerprint density at radius 2 is 2.29 bits per heavy atom. The summed E-state index contributed by atoms with van der Waals surface area (Å²) in [6, 6.07) is 0. The fourth-order valence-electron chi connectivity index (χ4n) is 1.07. The number of rotatable bonds is 7. The van der Waals surface area contributed by atoms with E-state index in [0.717, 1.165) is 0 Å². The third kappa shape index (κ3) is 4.75. The van der Waals surface area contributed by atoms with Crippen molar-refractivity contribution in [1.29, 1.82) is 0 Å². The lowest BCUT2D eigenvalue weighted by Gasteiger charge is -2.06. The van der Waals surface area contributed by atoms with Gasteiger partial charge in [0.25, 0.3) is 0 Å². The molecule has 0 aliphatic rings. The first kappa shape index (κ1) is 13.3. The second-order valence-electron chi connectivity index (χ2n) is 3.04. The Hall–Kier alpha value is -1.73. The van der Waals surface area contributed by atoms with Crippen LogP contribution in [0.2, 0.25) is 0 Å². The van der Waals surface area contributed by atoms with E-state index < -0.39 is 5.97 Å². The number of carbonyl (C=O) groups excluding carboxylic acids is 1. The molecule has 1 heterocycles. The standard InChI is InChI=1S/C10H15N3O4/c1-16-10(15)8-6-11-7-9(13-8)12-2-4-17-5-3-14/h6-7,14H,2-5H2,1H3,(H,12,13). The number of esters is 1. The van der Waals surface area contributed by atoms with E-state index in [1.807, 2.05) is 0 Å². The summed E-state index contributed by atoms with van der Waals surface area (Å²) in [6.07, 6.45) is 2.83. The summed E-state index contributed by atoms with van der Waals surface area (Å²) >= 11 is 0. The Bertz CT molecular complexity index is 359. The highest BCUT2D eigenvalue weighted by molar-refractivity contribution is 5.87. The summed E-state index contributed by atoms with van der Waals surface area (Å²) < 4.78 is 9.58. The lowest BCUT2D eigenvalue weighted by molar-refractivity contribution is 0.0593. The van der Waals surface area contributed by atoms with Crippen molar-refractivity contribution in [1.82, 2.24) is 9.97 Å². The maximum atomic E-state index is 11.2. The molecule has 0 saturated carbocycles. The predicted octanol–water partition coefficient (Wildman–Crippen LogP) is -0.316. The van der Waals surface area contributed by atoms with Gasteiger partial charge in [0.05, 0.1) is 39.3 Å². The van der Waals surface area contributed by atoms with E-state index in [9.17, 15) is 4.79 Å². The molecular weight excluding hydrogens is 226 g/mol. The molecule has 0 atom stereocenters. The molecule has 0 amide bonds. The molecule has 0 spiro atoms. The zero-order valence-electron chi connectivity index (χ0n) is 9.55. The van der Waals surface area contributed by atoms with Crippen LogP contribution in [0.1, 0.15) is 10.5 Å². The van der Waals surface area contributed by atoms with Crippen molar-refractivity contribution in [2.24, 2.45) is 0 Å². The van der Waals surface area contributed by atoms with Crippen LogP contribution in [0.3, 0.4) is 0 Å². The van der Waals surface area contributed by atoms with Crippen molar-refractivity contribution in [3.8, 4) is 0 Å². The Labute approximate surface area is 98.8 Å². The molecule has 7 nitrogen and oxygen atoms in total. The molecule has 0 aromatic carbocycles. The van der Waals surface area contributed by atoms with Gasteiger partial charge >= 0.3 is 5.97 Å². The molecule has 0 bridgehead atoms. The highest BCUT2D eigenvalue weighted by Crippen LogP contribution is 2.02. The number of ether oxygens (including phenoxy) is 2. The normalized spacial score (nSPS) is 10.0. The molecule has 0 aliphatic heterocycles. The van der Waals surface area contributed by atoms with Crippen LogP contribution in [0, 0.1) is 0 Å². The highest BCUT2D eigenvalue weighted by atomic mass is 16.5. The van der Waals surface area contributed by atoms with Gasteiger partial charge in [-0.25, -0.2) is 9.78 Å². The van der Waals surface area contributed by atoms with E-state index >= 15 is 0 Å². The Morgan fingerprint density at radius 1 is 1.47 bits per heavy atom. The van der Waals surface area contributed by atoms with Crippen molar-refractivity contribution in [3.05, 3.63) is 18.1 Å². The van der Waals surface area contributed by atoms with E-state index in [-0.39, 0.29) is 12.3 Å². The third-order valence-electron chi connectivity index (χ3n) is 1.82. The van der Waals surface area contributed by atoms with Gasteiger partial charge in [-0.05, 0) is 0 Å². The molecule has 2 N–H and O–H groups in total. The molecule has 0 radical (unpaired) electrons. The zero-order chi connectivity index (χ0) is 12.5. The van der Waals surface area contributed by atoms with Gasteiger partial charge in [-0.15, -0.1) is 0 Å². The predicted molar refractivity (Wildman–Crippen MR) is 59.8 cm³/mol. The minimum atomic E-state index is -0.530. The van der Waals surface area contributed by atoms with E-state index in [1.54, 1.807) is 0 Å². The lowest BCUT2D eigenvalue weighted by Crippen LogP contribution is -2.13. The molecule has 0 saturated heterocycles. The first-order chi connectivity index (χ1) is 8.27. The van der Waals surface area contributed by atoms with Crippen molar-refractivity contribution >= 4 is 11.8 Å². The van der Waals surface area contributed by atoms with Crippen LogP contribution in [-0.2, 0) is 9.47 Å². The first-order valence-corrected chi connectivity index (χ1v) is 5.10. The molecule has 1 rings (SSSR count). The quantitative estimate of drug-likeness (QED) is 0.499. The number of hydrogen-bond acceptors (Lipinski definition) is 7. The number of nitrogens with one attached hydrogen (secondary N) is 1. The Balaban J connectivity index is 2.40. The van der Waals surface area contributed by atoms with Crippen LogP contribution in [0.5, 0.6) is 0 Å². The molecule has 1 aromatic heterocycles. The maximum Gasteiger partial charge on any atom is 0.358 e. The van der Waals surface area contributed by atoms with Crippen molar-refractivity contribution in [2.75, 3.05) is 38.8 Å². The average molecular weight is 241 g/mol. The van der Waals surface area contributed by atoms with Crippen molar-refractivity contribution < 1.29 is 19.4 Å². The molecule has 0 unspecified atom stereocenters. The molecule has 7 heteroatoms. The Morgan fingerprint density at radius 3 is 3.00 bits per heavy atom. The van der Waals surface area contributed by atoms with Gasteiger partial charge in [-0.1, -0.05) is 0 Å². The summed E-state index contributed by atoms with van der Waals surface area (Å²) in [7, 11) is 1.28. The van der Waals surface area contributed by atoms with E-state index in [4.69, 9.17) is 9.84 Å². The monoisotopic (exact) mass is 241 g/mol. The fraction of sp³-hybridized carbons (Fsp3) is 0.500. The van der Waals surface area contributed by atoms with Gasteiger partial charge in [-0.3, -0.25) is 4.98 Å². The van der Waals surface area contributed by atoms with Crippen LogP contribution in [0.25, 0.3) is 0 Å². The molecule has 0 fully saturated rings. The molecular formula is C10H15N3O4. The first-order valence-electron chi connectivity index (χ1n) is 5.10. The number of carbonyl (C=O) groups is 1. The summed E-state index contributed by atoms with van der Waals surface area (Å²) in [5.41, 5.74) is 0.147. The van der Waals surface area contributed by atoms with Gasteiger partial charge in [-0.2, -0.15) is 0 Å². The van der Waals surface area contributed by atoms with Crippen LogP contribution in [0.4, 0.5) is 5.82 Å². The van der Waals surface area contributed by atoms with Crippen molar-refractivity contribution in [3.63, 3.8) is 0 Å². The summed E-state index contributed by atoms with van der Waals surface area (Å²) in [5, 5.41) is 11.4. The summed E-state index contributed by atoms with van der Waals surface area (Å²) in [6.45, 7) is 1.25. The zero-order valence-corrected chi connectivity index (χ0v) is 9.55. The van der Waals surface area contributed by atoms with E-state index in [0.29, 0.717) is 25.6 Å². The number of aliphatic hydroxyl groups is 1. The molecule has 17 heavy (non-hydrogen) atoms. The van der Waals surface area contributed by atoms with Gasteiger partial charge in [0.15, 0.2) is 5.69 Å². The number of anilines is 1. The van der Waals surface area contributed by atoms with Gasteiger partial charge < -0.3 is 19.9 Å². The van der Waals surface area contributed by atoms with E-state index in [2.05, 4.69) is 20.0 Å².